The minimum atomic E-state index is -0.917. The van der Waals surface area contributed by atoms with Gasteiger partial charge in [-0.2, -0.15) is 0 Å². The van der Waals surface area contributed by atoms with E-state index in [9.17, 15) is 5.11 Å². The second-order valence-electron chi connectivity index (χ2n) is 5.96. The Morgan fingerprint density at radius 3 is 1.91 bits per heavy atom. The first-order valence-electron chi connectivity index (χ1n) is 8.23. The fraction of sp³-hybridized carbons (Fsp3) is 0.400. The lowest BCUT2D eigenvalue weighted by molar-refractivity contribution is 0.0685. The SMILES string of the molecule is CC[C@@H](C)NCCCC(O)(c1ccccc1)c1ccccc1. The highest BCUT2D eigenvalue weighted by Gasteiger charge is 2.30. The molecule has 2 heteroatoms. The molecule has 2 rings (SSSR count). The van der Waals surface area contributed by atoms with Gasteiger partial charge in [-0.1, -0.05) is 67.6 Å². The van der Waals surface area contributed by atoms with Crippen LogP contribution in [0.3, 0.4) is 0 Å². The molecule has 0 radical (unpaired) electrons. The van der Waals surface area contributed by atoms with Gasteiger partial charge in [-0.05, 0) is 43.9 Å². The van der Waals surface area contributed by atoms with Gasteiger partial charge in [0.1, 0.15) is 5.60 Å². The lowest BCUT2D eigenvalue weighted by Crippen LogP contribution is -2.31. The molecule has 22 heavy (non-hydrogen) atoms. The Morgan fingerprint density at radius 1 is 0.955 bits per heavy atom. The average Bonchev–Trinajstić information content (AvgIpc) is 2.59. The van der Waals surface area contributed by atoms with Crippen LogP contribution in [0.4, 0.5) is 0 Å². The first-order valence-corrected chi connectivity index (χ1v) is 8.23. The van der Waals surface area contributed by atoms with Crippen LogP contribution in [0.5, 0.6) is 0 Å². The van der Waals surface area contributed by atoms with E-state index >= 15 is 0 Å². The highest BCUT2D eigenvalue weighted by Crippen LogP contribution is 2.33. The van der Waals surface area contributed by atoms with Gasteiger partial charge >= 0.3 is 0 Å². The fourth-order valence-corrected chi connectivity index (χ4v) is 2.72. The van der Waals surface area contributed by atoms with Crippen molar-refractivity contribution in [3.8, 4) is 0 Å². The predicted molar refractivity (Wildman–Crippen MR) is 92.9 cm³/mol. The molecular formula is C20H27NO. The molecule has 0 aromatic heterocycles. The molecule has 0 aliphatic rings. The molecule has 0 aliphatic carbocycles. The van der Waals surface area contributed by atoms with Gasteiger partial charge in [-0.3, -0.25) is 0 Å². The van der Waals surface area contributed by atoms with E-state index in [4.69, 9.17) is 0 Å². The zero-order valence-corrected chi connectivity index (χ0v) is 13.6. The van der Waals surface area contributed by atoms with Crippen LogP contribution in [0.15, 0.2) is 60.7 Å². The maximum atomic E-state index is 11.3. The molecule has 0 amide bonds. The van der Waals surface area contributed by atoms with E-state index in [2.05, 4.69) is 19.2 Å². The van der Waals surface area contributed by atoms with Gasteiger partial charge in [-0.15, -0.1) is 0 Å². The molecule has 2 aromatic carbocycles. The molecular weight excluding hydrogens is 270 g/mol. The average molecular weight is 297 g/mol. The van der Waals surface area contributed by atoms with Crippen molar-refractivity contribution in [2.45, 2.75) is 44.8 Å². The van der Waals surface area contributed by atoms with E-state index in [1.54, 1.807) is 0 Å². The van der Waals surface area contributed by atoms with Crippen LogP contribution < -0.4 is 5.32 Å². The summed E-state index contributed by atoms with van der Waals surface area (Å²) in [6.07, 6.45) is 2.77. The van der Waals surface area contributed by atoms with Gasteiger partial charge in [0, 0.05) is 6.04 Å². The van der Waals surface area contributed by atoms with Crippen molar-refractivity contribution in [2.24, 2.45) is 0 Å². The first-order chi connectivity index (χ1) is 10.7. The molecule has 0 bridgehead atoms. The van der Waals surface area contributed by atoms with Crippen LogP contribution in [0.2, 0.25) is 0 Å². The van der Waals surface area contributed by atoms with Crippen LogP contribution in [-0.2, 0) is 5.60 Å². The number of rotatable bonds is 8. The molecule has 1 atom stereocenters. The standard InChI is InChI=1S/C20H27NO/c1-3-17(2)21-16-10-15-20(22,18-11-6-4-7-12-18)19-13-8-5-9-14-19/h4-9,11-14,17,21-22H,3,10,15-16H2,1-2H3/t17-/m1/s1. The van der Waals surface area contributed by atoms with Crippen molar-refractivity contribution >= 4 is 0 Å². The lowest BCUT2D eigenvalue weighted by Gasteiger charge is -2.30. The smallest absolute Gasteiger partial charge is 0.115 e. The van der Waals surface area contributed by atoms with Crippen molar-refractivity contribution in [1.82, 2.24) is 5.32 Å². The van der Waals surface area contributed by atoms with Crippen molar-refractivity contribution in [1.29, 1.82) is 0 Å². The summed E-state index contributed by atoms with van der Waals surface area (Å²) >= 11 is 0. The number of hydrogen-bond acceptors (Lipinski definition) is 2. The van der Waals surface area contributed by atoms with E-state index in [0.717, 1.165) is 30.5 Å². The second kappa shape index (κ2) is 8.11. The Morgan fingerprint density at radius 2 is 1.45 bits per heavy atom. The van der Waals surface area contributed by atoms with Crippen LogP contribution in [0, 0.1) is 0 Å². The largest absolute Gasteiger partial charge is 0.380 e. The van der Waals surface area contributed by atoms with Gasteiger partial charge < -0.3 is 10.4 Å². The monoisotopic (exact) mass is 297 g/mol. The molecule has 118 valence electrons. The minimum absolute atomic E-state index is 0.529. The summed E-state index contributed by atoms with van der Waals surface area (Å²) in [6.45, 7) is 5.31. The second-order valence-corrected chi connectivity index (χ2v) is 5.96. The Labute approximate surface area is 134 Å². The Kier molecular flexibility index (Phi) is 6.17. The molecule has 2 N–H and O–H groups in total. The number of nitrogens with one attached hydrogen (secondary N) is 1. The third kappa shape index (κ3) is 4.19. The highest BCUT2D eigenvalue weighted by molar-refractivity contribution is 5.35. The van der Waals surface area contributed by atoms with E-state index in [1.807, 2.05) is 60.7 Å². The summed E-state index contributed by atoms with van der Waals surface area (Å²) in [6, 6.07) is 20.5. The van der Waals surface area contributed by atoms with E-state index in [0.29, 0.717) is 12.5 Å². The molecule has 0 heterocycles. The normalized spacial score (nSPS) is 13.0. The molecule has 2 nitrogen and oxygen atoms in total. The number of aliphatic hydroxyl groups is 1. The maximum absolute atomic E-state index is 11.3. The summed E-state index contributed by atoms with van der Waals surface area (Å²) in [5, 5.41) is 14.8. The van der Waals surface area contributed by atoms with E-state index < -0.39 is 5.60 Å². The van der Waals surface area contributed by atoms with Crippen LogP contribution in [0.1, 0.15) is 44.2 Å². The Hall–Kier alpha value is -1.64. The van der Waals surface area contributed by atoms with Gasteiger partial charge in [0.05, 0.1) is 0 Å². The summed E-state index contributed by atoms with van der Waals surface area (Å²) in [5.74, 6) is 0. The van der Waals surface area contributed by atoms with Gasteiger partial charge in [-0.25, -0.2) is 0 Å². The Bertz CT molecular complexity index is 499. The van der Waals surface area contributed by atoms with Gasteiger partial charge in [0.2, 0.25) is 0 Å². The molecule has 0 saturated carbocycles. The molecule has 2 aromatic rings. The fourth-order valence-electron chi connectivity index (χ4n) is 2.72. The summed E-state index contributed by atoms with van der Waals surface area (Å²) in [4.78, 5) is 0. The lowest BCUT2D eigenvalue weighted by atomic mass is 9.82. The third-order valence-electron chi connectivity index (χ3n) is 4.32. The van der Waals surface area contributed by atoms with E-state index in [-0.39, 0.29) is 0 Å². The zero-order chi connectivity index (χ0) is 15.8. The highest BCUT2D eigenvalue weighted by atomic mass is 16.3. The topological polar surface area (TPSA) is 32.3 Å². The molecule has 0 saturated heterocycles. The minimum Gasteiger partial charge on any atom is -0.380 e. The summed E-state index contributed by atoms with van der Waals surface area (Å²) in [7, 11) is 0. The van der Waals surface area contributed by atoms with Crippen molar-refractivity contribution in [3.63, 3.8) is 0 Å². The van der Waals surface area contributed by atoms with Gasteiger partial charge in [0.15, 0.2) is 0 Å². The molecule has 0 unspecified atom stereocenters. The maximum Gasteiger partial charge on any atom is 0.115 e. The number of benzene rings is 2. The Balaban J connectivity index is 2.13. The van der Waals surface area contributed by atoms with E-state index in [1.165, 1.54) is 0 Å². The van der Waals surface area contributed by atoms with Crippen LogP contribution in [0.25, 0.3) is 0 Å². The summed E-state index contributed by atoms with van der Waals surface area (Å²) in [5.41, 5.74) is 1.01. The summed E-state index contributed by atoms with van der Waals surface area (Å²) < 4.78 is 0. The third-order valence-corrected chi connectivity index (χ3v) is 4.32. The molecule has 0 spiro atoms. The number of hydrogen-bond donors (Lipinski definition) is 2. The molecule has 0 fully saturated rings. The van der Waals surface area contributed by atoms with Gasteiger partial charge in [0.25, 0.3) is 0 Å². The quantitative estimate of drug-likeness (QED) is 0.719. The zero-order valence-electron chi connectivity index (χ0n) is 13.6. The van der Waals surface area contributed by atoms with Crippen molar-refractivity contribution < 1.29 is 5.11 Å². The van der Waals surface area contributed by atoms with Crippen molar-refractivity contribution in [2.75, 3.05) is 6.54 Å². The predicted octanol–water partition coefficient (Wildman–Crippen LogP) is 4.09. The van der Waals surface area contributed by atoms with Crippen molar-refractivity contribution in [3.05, 3.63) is 71.8 Å². The van der Waals surface area contributed by atoms with Crippen LogP contribution in [-0.4, -0.2) is 17.7 Å². The molecule has 0 aliphatic heterocycles. The first kappa shape index (κ1) is 16.7. The van der Waals surface area contributed by atoms with Crippen LogP contribution >= 0.6 is 0 Å².